The second-order valence-electron chi connectivity index (χ2n) is 9.56. The fraction of sp³-hybridized carbons (Fsp3) is 0.357. The number of aromatic nitrogens is 2. The fourth-order valence-electron chi connectivity index (χ4n) is 5.33. The molecule has 0 amide bonds. The number of nitrogens with one attached hydrogen (secondary N) is 1. The van der Waals surface area contributed by atoms with Crippen LogP contribution in [-0.4, -0.2) is 46.3 Å². The van der Waals surface area contributed by atoms with Crippen molar-refractivity contribution in [3.05, 3.63) is 78.3 Å². The van der Waals surface area contributed by atoms with Gasteiger partial charge in [0.05, 0.1) is 29.6 Å². The Labute approximate surface area is 195 Å². The highest BCUT2D eigenvalue weighted by molar-refractivity contribution is 5.98. The van der Waals surface area contributed by atoms with Crippen LogP contribution in [0.4, 0.5) is 0 Å². The molecule has 2 aromatic heterocycles. The molecule has 0 bridgehead atoms. The predicted octanol–water partition coefficient (Wildman–Crippen LogP) is 5.11. The Morgan fingerprint density at radius 3 is 2.52 bits per heavy atom. The van der Waals surface area contributed by atoms with Gasteiger partial charge in [-0.25, -0.2) is 0 Å². The zero-order chi connectivity index (χ0) is 22.4. The van der Waals surface area contributed by atoms with Gasteiger partial charge in [-0.3, -0.25) is 14.9 Å². The molecule has 3 atom stereocenters. The van der Waals surface area contributed by atoms with Gasteiger partial charge in [-0.05, 0) is 62.0 Å². The van der Waals surface area contributed by atoms with E-state index in [4.69, 9.17) is 9.72 Å². The molecule has 0 radical (unpaired) electrons. The summed E-state index contributed by atoms with van der Waals surface area (Å²) in [6, 6.07) is 12.5. The molecule has 0 spiro atoms. The maximum Gasteiger partial charge on any atom is 0.0987 e. The normalized spacial score (nSPS) is 25.6. The first-order chi connectivity index (χ1) is 16.2. The van der Waals surface area contributed by atoms with E-state index >= 15 is 0 Å². The van der Waals surface area contributed by atoms with Gasteiger partial charge in [-0.2, -0.15) is 0 Å². The molecule has 1 saturated heterocycles. The van der Waals surface area contributed by atoms with Crippen LogP contribution in [-0.2, 0) is 4.74 Å². The van der Waals surface area contributed by atoms with Crippen LogP contribution >= 0.6 is 0 Å². The van der Waals surface area contributed by atoms with Crippen molar-refractivity contribution in [3.8, 4) is 11.3 Å². The highest BCUT2D eigenvalue weighted by Gasteiger charge is 2.31. The summed E-state index contributed by atoms with van der Waals surface area (Å²) in [5.41, 5.74) is 7.00. The van der Waals surface area contributed by atoms with Gasteiger partial charge in [0, 0.05) is 48.2 Å². The lowest BCUT2D eigenvalue weighted by atomic mass is 9.92. The molecule has 2 fully saturated rings. The number of fused-ring (bicyclic) bond motifs is 1. The highest BCUT2D eigenvalue weighted by atomic mass is 16.5. The largest absolute Gasteiger partial charge is 0.373 e. The molecule has 6 rings (SSSR count). The molecular formula is C28H30N4O. The third-order valence-electron chi connectivity index (χ3n) is 6.89. The third-order valence-corrected chi connectivity index (χ3v) is 6.89. The number of pyridine rings is 2. The number of hydrogen-bond acceptors (Lipinski definition) is 5. The van der Waals surface area contributed by atoms with Gasteiger partial charge in [0.15, 0.2) is 0 Å². The Morgan fingerprint density at radius 2 is 1.82 bits per heavy atom. The number of benzene rings is 1. The topological polar surface area (TPSA) is 50.3 Å². The maximum atomic E-state index is 5.91. The molecule has 2 aliphatic heterocycles. The van der Waals surface area contributed by atoms with E-state index < -0.39 is 0 Å². The van der Waals surface area contributed by atoms with Crippen molar-refractivity contribution in [3.63, 3.8) is 0 Å². The van der Waals surface area contributed by atoms with Crippen LogP contribution in [0, 0.1) is 0 Å². The summed E-state index contributed by atoms with van der Waals surface area (Å²) < 4.78 is 5.91. The van der Waals surface area contributed by atoms with Gasteiger partial charge in [-0.1, -0.05) is 30.3 Å². The highest BCUT2D eigenvalue weighted by Crippen LogP contribution is 2.47. The van der Waals surface area contributed by atoms with Crippen molar-refractivity contribution in [2.45, 2.75) is 51.0 Å². The van der Waals surface area contributed by atoms with Crippen molar-refractivity contribution in [1.29, 1.82) is 0 Å². The average Bonchev–Trinajstić information content (AvgIpc) is 3.68. The number of allylic oxidation sites excluding steroid dienone is 2. The number of morpholine rings is 1. The Balaban J connectivity index is 1.35. The van der Waals surface area contributed by atoms with Crippen LogP contribution in [0.5, 0.6) is 0 Å². The van der Waals surface area contributed by atoms with Crippen LogP contribution in [0.25, 0.3) is 27.7 Å². The molecule has 3 aliphatic rings. The summed E-state index contributed by atoms with van der Waals surface area (Å²) in [7, 11) is 0. The van der Waals surface area contributed by atoms with Crippen molar-refractivity contribution < 1.29 is 4.74 Å². The molecule has 4 heterocycles. The molecular weight excluding hydrogens is 408 g/mol. The Hall–Kier alpha value is -3.02. The first-order valence-corrected chi connectivity index (χ1v) is 12.0. The maximum absolute atomic E-state index is 5.91. The molecule has 3 aromatic rings. The predicted molar refractivity (Wildman–Crippen MR) is 133 cm³/mol. The number of rotatable bonds is 4. The van der Waals surface area contributed by atoms with Crippen LogP contribution in [0.2, 0.25) is 0 Å². The fourth-order valence-corrected chi connectivity index (χ4v) is 5.33. The van der Waals surface area contributed by atoms with E-state index in [9.17, 15) is 0 Å². The van der Waals surface area contributed by atoms with Crippen LogP contribution in [0.3, 0.4) is 0 Å². The molecule has 3 unspecified atom stereocenters. The first-order valence-electron chi connectivity index (χ1n) is 12.0. The second kappa shape index (κ2) is 8.40. The molecule has 168 valence electrons. The van der Waals surface area contributed by atoms with E-state index in [0.717, 1.165) is 29.9 Å². The summed E-state index contributed by atoms with van der Waals surface area (Å²) in [6.45, 7) is 6.18. The summed E-state index contributed by atoms with van der Waals surface area (Å²) in [5.74, 6) is 0.609. The number of nitrogens with zero attached hydrogens (tertiary/aromatic N) is 3. The lowest BCUT2D eigenvalue weighted by molar-refractivity contribution is -0.0773. The van der Waals surface area contributed by atoms with E-state index in [1.54, 1.807) is 0 Å². The molecule has 1 N–H and O–H groups in total. The summed E-state index contributed by atoms with van der Waals surface area (Å²) in [5, 5.41) is 4.89. The number of dihydropyridines is 1. The molecule has 1 saturated carbocycles. The number of hydrogen-bond donors (Lipinski definition) is 1. The van der Waals surface area contributed by atoms with Crippen LogP contribution < -0.4 is 5.32 Å². The Morgan fingerprint density at radius 1 is 0.970 bits per heavy atom. The van der Waals surface area contributed by atoms with Crippen LogP contribution in [0.1, 0.15) is 43.7 Å². The average molecular weight is 439 g/mol. The van der Waals surface area contributed by atoms with Gasteiger partial charge in [0.25, 0.3) is 0 Å². The summed E-state index contributed by atoms with van der Waals surface area (Å²) in [6.07, 6.45) is 13.9. The SMILES string of the molecule is CC1CN(C2C=CC(c3cnc4c(-c5ccccn5)cccc4c3C3CC3)=CN2)CC(C)O1. The summed E-state index contributed by atoms with van der Waals surface area (Å²) in [4.78, 5) is 12.0. The summed E-state index contributed by atoms with van der Waals surface area (Å²) >= 11 is 0. The van der Waals surface area contributed by atoms with E-state index in [1.807, 2.05) is 18.3 Å². The van der Waals surface area contributed by atoms with E-state index in [1.165, 1.54) is 34.9 Å². The smallest absolute Gasteiger partial charge is 0.0987 e. The molecule has 5 heteroatoms. The lowest BCUT2D eigenvalue weighted by Crippen LogP contribution is -2.53. The second-order valence-corrected chi connectivity index (χ2v) is 9.56. The van der Waals surface area contributed by atoms with Gasteiger partial charge in [0.1, 0.15) is 0 Å². The number of para-hydroxylation sites is 1. The number of ether oxygens (including phenoxy) is 1. The quantitative estimate of drug-likeness (QED) is 0.613. The molecule has 1 aliphatic carbocycles. The van der Waals surface area contributed by atoms with Crippen molar-refractivity contribution in [2.75, 3.05) is 13.1 Å². The zero-order valence-electron chi connectivity index (χ0n) is 19.2. The molecule has 33 heavy (non-hydrogen) atoms. The van der Waals surface area contributed by atoms with Crippen LogP contribution in [0.15, 0.2) is 67.1 Å². The van der Waals surface area contributed by atoms with Crippen molar-refractivity contribution in [1.82, 2.24) is 20.2 Å². The van der Waals surface area contributed by atoms with Gasteiger partial charge < -0.3 is 10.1 Å². The van der Waals surface area contributed by atoms with Gasteiger partial charge >= 0.3 is 0 Å². The first kappa shape index (κ1) is 20.6. The lowest BCUT2D eigenvalue weighted by Gasteiger charge is -2.40. The van der Waals surface area contributed by atoms with Crippen molar-refractivity contribution >= 4 is 16.5 Å². The minimum atomic E-state index is 0.205. The standard InChI is InChI=1S/C28H30N4O/c1-18-16-32(17-19(2)33-18)26-12-11-21(14-30-26)24-15-31-28-22(25-8-3-4-13-29-25)6-5-7-23(28)27(24)20-9-10-20/h3-8,11-15,18-20,26,30H,9-10,16-17H2,1-2H3. The minimum Gasteiger partial charge on any atom is -0.373 e. The van der Waals surface area contributed by atoms with Gasteiger partial charge in [-0.15, -0.1) is 0 Å². The van der Waals surface area contributed by atoms with Gasteiger partial charge in [0.2, 0.25) is 0 Å². The van der Waals surface area contributed by atoms with E-state index in [-0.39, 0.29) is 18.4 Å². The van der Waals surface area contributed by atoms with E-state index in [2.05, 4.69) is 77.9 Å². The zero-order valence-corrected chi connectivity index (χ0v) is 19.2. The molecule has 5 nitrogen and oxygen atoms in total. The monoisotopic (exact) mass is 438 g/mol. The third kappa shape index (κ3) is 3.96. The van der Waals surface area contributed by atoms with E-state index in [0.29, 0.717) is 5.92 Å². The minimum absolute atomic E-state index is 0.205. The van der Waals surface area contributed by atoms with Crippen molar-refractivity contribution in [2.24, 2.45) is 0 Å². The Bertz CT molecular complexity index is 1220. The Kier molecular flexibility index (Phi) is 5.24. The molecule has 1 aromatic carbocycles.